The number of Topliss-reactive ketones (excluding diaryl/α,β-unsaturated/α-hetero) is 1. The number of hydrogen-bond acceptors (Lipinski definition) is 8. The Bertz CT molecular complexity index is 917. The maximum atomic E-state index is 12.2. The van der Waals surface area contributed by atoms with Crippen molar-refractivity contribution in [2.24, 2.45) is 0 Å². The molecule has 1 amide bonds. The first-order chi connectivity index (χ1) is 13.2. The van der Waals surface area contributed by atoms with Gasteiger partial charge >= 0.3 is 11.9 Å². The van der Waals surface area contributed by atoms with Gasteiger partial charge in [0, 0.05) is 5.69 Å². The zero-order valence-electron chi connectivity index (χ0n) is 15.7. The summed E-state index contributed by atoms with van der Waals surface area (Å²) < 4.78 is 9.96. The van der Waals surface area contributed by atoms with Gasteiger partial charge in [-0.15, -0.1) is 11.3 Å². The second-order valence-corrected chi connectivity index (χ2v) is 6.80. The Morgan fingerprint density at radius 3 is 2.29 bits per heavy atom. The summed E-state index contributed by atoms with van der Waals surface area (Å²) in [4.78, 5) is 48.5. The van der Waals surface area contributed by atoms with Gasteiger partial charge in [-0.1, -0.05) is 0 Å². The fraction of sp³-hybridized carbons (Fsp3) is 0.263. The van der Waals surface area contributed by atoms with E-state index < -0.39 is 24.5 Å². The highest BCUT2D eigenvalue weighted by atomic mass is 32.1. The molecule has 2 aromatic rings. The third kappa shape index (κ3) is 4.95. The van der Waals surface area contributed by atoms with Gasteiger partial charge in [0.2, 0.25) is 0 Å². The van der Waals surface area contributed by atoms with Crippen LogP contribution in [0, 0.1) is 6.92 Å². The van der Waals surface area contributed by atoms with Gasteiger partial charge in [-0.05, 0) is 50.6 Å². The molecule has 0 radical (unpaired) electrons. The Hall–Kier alpha value is -3.20. The summed E-state index contributed by atoms with van der Waals surface area (Å²) in [7, 11) is 0. The summed E-state index contributed by atoms with van der Waals surface area (Å²) in [6, 6.07) is 6.05. The molecule has 28 heavy (non-hydrogen) atoms. The van der Waals surface area contributed by atoms with Crippen molar-refractivity contribution in [3.63, 3.8) is 0 Å². The lowest BCUT2D eigenvalue weighted by Gasteiger charge is -2.08. The molecule has 9 heteroatoms. The third-order valence-corrected chi connectivity index (χ3v) is 4.99. The van der Waals surface area contributed by atoms with Crippen molar-refractivity contribution in [3.05, 3.63) is 45.8 Å². The summed E-state index contributed by atoms with van der Waals surface area (Å²) in [6.07, 6.45) is 0. The van der Waals surface area contributed by atoms with Crippen LogP contribution in [0.2, 0.25) is 0 Å². The summed E-state index contributed by atoms with van der Waals surface area (Å²) >= 11 is 0.972. The Morgan fingerprint density at radius 1 is 1.07 bits per heavy atom. The molecule has 0 atom stereocenters. The van der Waals surface area contributed by atoms with Crippen molar-refractivity contribution in [1.82, 2.24) is 0 Å². The van der Waals surface area contributed by atoms with Crippen LogP contribution in [0.25, 0.3) is 0 Å². The number of hydrogen-bond donors (Lipinski definition) is 2. The molecule has 0 fully saturated rings. The predicted octanol–water partition coefficient (Wildman–Crippen LogP) is 2.81. The van der Waals surface area contributed by atoms with E-state index in [1.165, 1.54) is 19.1 Å². The highest BCUT2D eigenvalue weighted by Gasteiger charge is 2.25. The Balaban J connectivity index is 2.11. The van der Waals surface area contributed by atoms with Crippen LogP contribution in [-0.2, 0) is 14.3 Å². The molecule has 0 spiro atoms. The predicted molar refractivity (Wildman–Crippen MR) is 105 cm³/mol. The number of ketones is 1. The number of carbonyl (C=O) groups excluding carboxylic acids is 4. The molecule has 2 rings (SSSR count). The number of ether oxygens (including phenoxy) is 2. The van der Waals surface area contributed by atoms with E-state index in [4.69, 9.17) is 15.2 Å². The maximum absolute atomic E-state index is 12.2. The van der Waals surface area contributed by atoms with Crippen molar-refractivity contribution in [2.75, 3.05) is 24.3 Å². The van der Waals surface area contributed by atoms with Gasteiger partial charge in [-0.3, -0.25) is 9.59 Å². The second-order valence-electron chi connectivity index (χ2n) is 5.78. The van der Waals surface area contributed by atoms with Gasteiger partial charge < -0.3 is 20.5 Å². The minimum Gasteiger partial charge on any atom is -0.462 e. The molecular weight excluding hydrogens is 384 g/mol. The first kappa shape index (κ1) is 21.1. The van der Waals surface area contributed by atoms with Gasteiger partial charge in [-0.2, -0.15) is 0 Å². The van der Waals surface area contributed by atoms with E-state index in [9.17, 15) is 19.2 Å². The number of thiophene rings is 1. The lowest BCUT2D eigenvalue weighted by atomic mass is 10.1. The van der Waals surface area contributed by atoms with Gasteiger partial charge in [-0.25, -0.2) is 9.59 Å². The molecule has 8 nitrogen and oxygen atoms in total. The van der Waals surface area contributed by atoms with Crippen molar-refractivity contribution in [2.45, 2.75) is 20.8 Å². The molecule has 0 saturated carbocycles. The standard InChI is InChI=1S/C19H20N2O6S/c1-4-26-19(25)15-10(2)16(11(3)22)28-17(15)21-14(23)9-27-18(24)12-5-7-13(20)8-6-12/h5-8H,4,9,20H2,1-3H3,(H,21,23). The van der Waals surface area contributed by atoms with E-state index in [1.54, 1.807) is 26.0 Å². The maximum Gasteiger partial charge on any atom is 0.341 e. The summed E-state index contributed by atoms with van der Waals surface area (Å²) in [5.74, 6) is -2.21. The van der Waals surface area contributed by atoms with Crippen LogP contribution < -0.4 is 11.1 Å². The van der Waals surface area contributed by atoms with E-state index in [2.05, 4.69) is 5.32 Å². The molecule has 0 unspecified atom stereocenters. The quantitative estimate of drug-likeness (QED) is 0.413. The third-order valence-electron chi connectivity index (χ3n) is 3.68. The molecule has 1 aromatic heterocycles. The SMILES string of the molecule is CCOC(=O)c1c(NC(=O)COC(=O)c2ccc(N)cc2)sc(C(C)=O)c1C. The summed E-state index contributed by atoms with van der Waals surface area (Å²) in [5.41, 5.74) is 6.86. The molecule has 148 valence electrons. The first-order valence-electron chi connectivity index (χ1n) is 8.38. The van der Waals surface area contributed by atoms with Crippen LogP contribution in [0.5, 0.6) is 0 Å². The zero-order chi connectivity index (χ0) is 20.8. The topological polar surface area (TPSA) is 125 Å². The van der Waals surface area contributed by atoms with Gasteiger partial charge in [0.05, 0.1) is 22.6 Å². The minimum atomic E-state index is -0.687. The van der Waals surface area contributed by atoms with Crippen molar-refractivity contribution in [1.29, 1.82) is 0 Å². The number of carbonyl (C=O) groups is 4. The molecule has 1 heterocycles. The van der Waals surface area contributed by atoms with E-state index in [1.807, 2.05) is 0 Å². The lowest BCUT2D eigenvalue weighted by molar-refractivity contribution is -0.119. The average molecular weight is 404 g/mol. The average Bonchev–Trinajstić information content (AvgIpc) is 2.96. The molecule has 0 saturated heterocycles. The first-order valence-corrected chi connectivity index (χ1v) is 9.20. The number of anilines is 2. The number of benzene rings is 1. The van der Waals surface area contributed by atoms with Crippen LogP contribution in [0.1, 0.15) is 49.8 Å². The molecular formula is C19H20N2O6S. The zero-order valence-corrected chi connectivity index (χ0v) is 16.5. The lowest BCUT2D eigenvalue weighted by Crippen LogP contribution is -2.21. The number of nitrogens with one attached hydrogen (secondary N) is 1. The number of nitrogens with two attached hydrogens (primary N) is 1. The highest BCUT2D eigenvalue weighted by Crippen LogP contribution is 2.34. The van der Waals surface area contributed by atoms with E-state index in [-0.39, 0.29) is 28.5 Å². The highest BCUT2D eigenvalue weighted by molar-refractivity contribution is 7.18. The van der Waals surface area contributed by atoms with Crippen LogP contribution in [0.4, 0.5) is 10.7 Å². The molecule has 0 aliphatic rings. The van der Waals surface area contributed by atoms with Crippen LogP contribution in [0.3, 0.4) is 0 Å². The largest absolute Gasteiger partial charge is 0.462 e. The number of rotatable bonds is 7. The summed E-state index contributed by atoms with van der Waals surface area (Å²) in [5, 5.41) is 2.69. The van der Waals surface area contributed by atoms with E-state index in [0.717, 1.165) is 11.3 Å². The second kappa shape index (κ2) is 9.14. The molecule has 0 aliphatic heterocycles. The van der Waals surface area contributed by atoms with Crippen molar-refractivity contribution < 1.29 is 28.7 Å². The minimum absolute atomic E-state index is 0.121. The van der Waals surface area contributed by atoms with Crippen molar-refractivity contribution >= 4 is 45.7 Å². The number of nitrogen functional groups attached to an aromatic ring is 1. The van der Waals surface area contributed by atoms with Gasteiger partial charge in [0.1, 0.15) is 5.00 Å². The smallest absolute Gasteiger partial charge is 0.341 e. The fourth-order valence-electron chi connectivity index (χ4n) is 2.38. The number of esters is 2. The van der Waals surface area contributed by atoms with E-state index in [0.29, 0.717) is 16.1 Å². The van der Waals surface area contributed by atoms with Crippen LogP contribution in [-0.4, -0.2) is 36.8 Å². The van der Waals surface area contributed by atoms with E-state index >= 15 is 0 Å². The Morgan fingerprint density at radius 2 is 1.71 bits per heavy atom. The Kier molecular flexibility index (Phi) is 6.89. The Labute approximate surface area is 165 Å². The van der Waals surface area contributed by atoms with Crippen LogP contribution >= 0.6 is 11.3 Å². The number of amides is 1. The van der Waals surface area contributed by atoms with Gasteiger partial charge in [0.15, 0.2) is 12.4 Å². The molecule has 0 aliphatic carbocycles. The molecule has 1 aromatic carbocycles. The van der Waals surface area contributed by atoms with Crippen LogP contribution in [0.15, 0.2) is 24.3 Å². The summed E-state index contributed by atoms with van der Waals surface area (Å²) in [6.45, 7) is 4.22. The van der Waals surface area contributed by atoms with Gasteiger partial charge in [0.25, 0.3) is 5.91 Å². The molecule has 3 N–H and O–H groups in total. The fourth-order valence-corrected chi connectivity index (χ4v) is 3.49. The monoisotopic (exact) mass is 404 g/mol. The normalized spacial score (nSPS) is 10.2. The molecule has 0 bridgehead atoms. The van der Waals surface area contributed by atoms with Crippen molar-refractivity contribution in [3.8, 4) is 0 Å².